The third kappa shape index (κ3) is 5.72. The fraction of sp³-hybridized carbons (Fsp3) is 0.205. The second kappa shape index (κ2) is 12.8. The average Bonchev–Trinajstić information content (AvgIpc) is 3.93. The minimum absolute atomic E-state index is 0.216. The predicted molar refractivity (Wildman–Crippen MR) is 205 cm³/mol. The van der Waals surface area contributed by atoms with E-state index in [1.807, 2.05) is 6.08 Å². The number of thioether (sulfide) groups is 1. The van der Waals surface area contributed by atoms with Gasteiger partial charge in [0.25, 0.3) is 0 Å². The molecule has 3 unspecified atom stereocenters. The zero-order chi connectivity index (χ0) is 32.9. The highest BCUT2D eigenvalue weighted by atomic mass is 32.2. The molecule has 48 heavy (non-hydrogen) atoms. The lowest BCUT2D eigenvalue weighted by Crippen LogP contribution is -2.36. The maximum atomic E-state index is 12.8. The average molecular weight is 705 g/mol. The largest absolute Gasteiger partial charge is 0.480 e. The van der Waals surface area contributed by atoms with Gasteiger partial charge in [-0.3, -0.25) is 14.5 Å². The normalized spacial score (nSPS) is 20.0. The molecule has 1 aliphatic carbocycles. The Morgan fingerprint density at radius 2 is 1.56 bits per heavy atom. The van der Waals surface area contributed by atoms with Crippen LogP contribution >= 0.6 is 46.7 Å². The molecule has 4 heterocycles. The van der Waals surface area contributed by atoms with Gasteiger partial charge in [0.15, 0.2) is 0 Å². The van der Waals surface area contributed by atoms with Gasteiger partial charge in [0, 0.05) is 49.3 Å². The first kappa shape index (κ1) is 31.3. The number of carboxylic acids is 1. The van der Waals surface area contributed by atoms with E-state index in [1.54, 1.807) is 22.7 Å². The van der Waals surface area contributed by atoms with Crippen molar-refractivity contribution < 1.29 is 14.7 Å². The standard InChI is InChI=1S/C39H32N2O3S4/c1-2-23-6-8-24(9-7-23)25-10-13-27(14-11-25)41-31-5-3-4-29(31)30-20-26(12-16-32(30)41)33-18-19-35(47-33)34-17-15-28(46-34)21-36-38(44)40(22-37(42)43)39(45)48-36/h2,6-20,29,31,36H,1,3-5,21-22H2,(H,42,43). The van der Waals surface area contributed by atoms with Crippen LogP contribution < -0.4 is 4.90 Å². The van der Waals surface area contributed by atoms with Gasteiger partial charge in [-0.1, -0.05) is 85.5 Å². The predicted octanol–water partition coefficient (Wildman–Crippen LogP) is 10.1. The lowest BCUT2D eigenvalue weighted by atomic mass is 9.95. The first-order valence-electron chi connectivity index (χ1n) is 16.1. The third-order valence-electron chi connectivity index (χ3n) is 9.60. The number of amides is 1. The smallest absolute Gasteiger partial charge is 0.323 e. The second-order valence-electron chi connectivity index (χ2n) is 12.4. The topological polar surface area (TPSA) is 60.9 Å². The van der Waals surface area contributed by atoms with Crippen LogP contribution in [0.2, 0.25) is 0 Å². The number of hydrogen-bond acceptors (Lipinski definition) is 7. The van der Waals surface area contributed by atoms with Crippen LogP contribution in [0.25, 0.3) is 37.4 Å². The summed E-state index contributed by atoms with van der Waals surface area (Å²) in [5, 5.41) is 8.76. The Kier molecular flexibility index (Phi) is 8.32. The van der Waals surface area contributed by atoms with Crippen molar-refractivity contribution in [1.82, 2.24) is 4.90 Å². The Morgan fingerprint density at radius 3 is 2.31 bits per heavy atom. The molecule has 2 aromatic heterocycles. The summed E-state index contributed by atoms with van der Waals surface area (Å²) in [5.41, 5.74) is 8.86. The van der Waals surface area contributed by atoms with Crippen LogP contribution in [-0.4, -0.2) is 44.0 Å². The highest BCUT2D eigenvalue weighted by Gasteiger charge is 2.42. The van der Waals surface area contributed by atoms with Crippen molar-refractivity contribution in [2.24, 2.45) is 0 Å². The SMILES string of the molecule is C=Cc1ccc(-c2ccc(N3c4ccc(-c5ccc(-c6ccc(CC7SC(=S)N(CC(=O)O)C7=O)s6)s5)cc4C4CCCC43)cc2)cc1. The summed E-state index contributed by atoms with van der Waals surface area (Å²) in [7, 11) is 0. The van der Waals surface area contributed by atoms with Crippen LogP contribution in [0, 0.1) is 0 Å². The minimum atomic E-state index is -1.06. The van der Waals surface area contributed by atoms with Crippen molar-refractivity contribution in [1.29, 1.82) is 0 Å². The van der Waals surface area contributed by atoms with Gasteiger partial charge >= 0.3 is 5.97 Å². The molecule has 9 heteroatoms. The van der Waals surface area contributed by atoms with E-state index in [1.165, 1.54) is 84.2 Å². The molecule has 0 radical (unpaired) electrons. The fourth-order valence-electron chi connectivity index (χ4n) is 7.31. The number of rotatable bonds is 9. The first-order valence-corrected chi connectivity index (χ1v) is 19.0. The number of hydrogen-bond donors (Lipinski definition) is 1. The Balaban J connectivity index is 1.00. The van der Waals surface area contributed by atoms with Gasteiger partial charge in [-0.05, 0) is 89.2 Å². The van der Waals surface area contributed by atoms with Crippen molar-refractivity contribution in [3.05, 3.63) is 114 Å². The summed E-state index contributed by atoms with van der Waals surface area (Å²) in [5.74, 6) is -0.729. The molecule has 1 saturated carbocycles. The van der Waals surface area contributed by atoms with E-state index < -0.39 is 5.97 Å². The zero-order valence-electron chi connectivity index (χ0n) is 26.0. The first-order chi connectivity index (χ1) is 23.4. The molecule has 1 saturated heterocycles. The fourth-order valence-corrected chi connectivity index (χ4v) is 11.1. The van der Waals surface area contributed by atoms with Crippen molar-refractivity contribution >= 4 is 80.3 Å². The molecule has 8 rings (SSSR count). The number of nitrogens with zero attached hydrogens (tertiary/aromatic N) is 2. The molecule has 1 N–H and O–H groups in total. The second-order valence-corrected chi connectivity index (χ2v) is 16.5. The molecule has 2 aliphatic heterocycles. The molecule has 3 aromatic carbocycles. The highest BCUT2D eigenvalue weighted by Crippen LogP contribution is 2.53. The maximum absolute atomic E-state index is 12.8. The molecule has 3 aliphatic rings. The number of carbonyl (C=O) groups is 2. The molecular weight excluding hydrogens is 673 g/mol. The minimum Gasteiger partial charge on any atom is -0.480 e. The number of carboxylic acid groups (broad SMARTS) is 1. The van der Waals surface area contributed by atoms with Gasteiger partial charge in [0.1, 0.15) is 10.9 Å². The lowest BCUT2D eigenvalue weighted by Gasteiger charge is -2.27. The van der Waals surface area contributed by atoms with Crippen molar-refractivity contribution in [3.8, 4) is 31.3 Å². The van der Waals surface area contributed by atoms with Gasteiger partial charge in [0.2, 0.25) is 5.91 Å². The van der Waals surface area contributed by atoms with Crippen LogP contribution in [0.1, 0.15) is 41.2 Å². The summed E-state index contributed by atoms with van der Waals surface area (Å²) in [6.07, 6.45) is 6.09. The molecule has 5 aromatic rings. The van der Waals surface area contributed by atoms with E-state index in [-0.39, 0.29) is 17.7 Å². The maximum Gasteiger partial charge on any atom is 0.323 e. The molecule has 0 bridgehead atoms. The van der Waals surface area contributed by atoms with Gasteiger partial charge in [-0.25, -0.2) is 0 Å². The third-order valence-corrected chi connectivity index (χ3v) is 13.6. The van der Waals surface area contributed by atoms with E-state index in [0.29, 0.717) is 22.7 Å². The van der Waals surface area contributed by atoms with Crippen LogP contribution in [0.3, 0.4) is 0 Å². The van der Waals surface area contributed by atoms with Crippen molar-refractivity contribution in [2.75, 3.05) is 11.4 Å². The molecular formula is C39H32N2O3S4. The molecule has 240 valence electrons. The Morgan fingerprint density at radius 1 is 0.875 bits per heavy atom. The van der Waals surface area contributed by atoms with E-state index in [0.717, 1.165) is 10.4 Å². The monoisotopic (exact) mass is 704 g/mol. The summed E-state index contributed by atoms with van der Waals surface area (Å²) >= 11 is 10.1. The highest BCUT2D eigenvalue weighted by molar-refractivity contribution is 8.24. The Bertz CT molecular complexity index is 2060. The quantitative estimate of drug-likeness (QED) is 0.154. The number of thiocarbonyl (C=S) groups is 1. The number of thiophene rings is 2. The summed E-state index contributed by atoms with van der Waals surface area (Å²) in [4.78, 5) is 32.4. The summed E-state index contributed by atoms with van der Waals surface area (Å²) < 4.78 is 0.345. The van der Waals surface area contributed by atoms with Crippen LogP contribution in [-0.2, 0) is 16.0 Å². The molecule has 1 amide bonds. The lowest BCUT2D eigenvalue weighted by molar-refractivity contribution is -0.141. The number of aliphatic carboxylic acids is 1. The molecule has 5 nitrogen and oxygen atoms in total. The number of anilines is 2. The Hall–Kier alpha value is -4.02. The molecule has 2 fully saturated rings. The molecule has 0 spiro atoms. The van der Waals surface area contributed by atoms with E-state index >= 15 is 0 Å². The van der Waals surface area contributed by atoms with Crippen LogP contribution in [0.15, 0.2) is 97.6 Å². The number of benzene rings is 3. The van der Waals surface area contributed by atoms with Crippen molar-refractivity contribution in [3.63, 3.8) is 0 Å². The summed E-state index contributed by atoms with van der Waals surface area (Å²) in [6.45, 7) is 3.49. The zero-order valence-corrected chi connectivity index (χ0v) is 29.3. The molecule has 3 atom stereocenters. The van der Waals surface area contributed by atoms with Crippen molar-refractivity contribution in [2.45, 2.75) is 42.9 Å². The van der Waals surface area contributed by atoms with Gasteiger partial charge in [-0.2, -0.15) is 0 Å². The van der Waals surface area contributed by atoms with Gasteiger partial charge < -0.3 is 10.0 Å². The number of carbonyl (C=O) groups excluding carboxylic acids is 1. The van der Waals surface area contributed by atoms with E-state index in [9.17, 15) is 9.59 Å². The van der Waals surface area contributed by atoms with E-state index in [4.69, 9.17) is 17.3 Å². The van der Waals surface area contributed by atoms with Crippen LogP contribution in [0.5, 0.6) is 0 Å². The van der Waals surface area contributed by atoms with Crippen LogP contribution in [0.4, 0.5) is 11.4 Å². The van der Waals surface area contributed by atoms with Gasteiger partial charge in [0.05, 0.1) is 5.25 Å². The van der Waals surface area contributed by atoms with E-state index in [2.05, 4.69) is 102 Å². The van der Waals surface area contributed by atoms with Gasteiger partial charge in [-0.15, -0.1) is 22.7 Å². The number of fused-ring (bicyclic) bond motifs is 3. The Labute approximate surface area is 297 Å². The summed E-state index contributed by atoms with van der Waals surface area (Å²) in [6, 6.07) is 33.7.